The van der Waals surface area contributed by atoms with E-state index in [1.54, 1.807) is 23.3 Å². The number of furan rings is 1. The second-order valence-electron chi connectivity index (χ2n) is 7.76. The second kappa shape index (κ2) is 8.44. The Balaban J connectivity index is 1.38. The summed E-state index contributed by atoms with van der Waals surface area (Å²) in [5.74, 6) is 0.404. The molecule has 3 aromatic heterocycles. The summed E-state index contributed by atoms with van der Waals surface area (Å²) in [6.07, 6.45) is 3.02. The van der Waals surface area contributed by atoms with Crippen LogP contribution in [0.1, 0.15) is 34.0 Å². The molecule has 1 aliphatic rings. The Morgan fingerprint density at radius 1 is 1.28 bits per heavy atom. The van der Waals surface area contributed by atoms with E-state index in [2.05, 4.69) is 10.4 Å². The van der Waals surface area contributed by atoms with Crippen molar-refractivity contribution in [3.63, 3.8) is 0 Å². The van der Waals surface area contributed by atoms with E-state index >= 15 is 0 Å². The minimum atomic E-state index is -0.475. The fourth-order valence-electron chi connectivity index (χ4n) is 4.04. The SMILES string of the molecule is Cc1nn(-c2ccc(Cl)cc2)c2sc(C(=O)N3CCCC3C(=O)NCc3ccco3)cc12. The Kier molecular flexibility index (Phi) is 5.48. The number of carbonyl (C=O) groups excluding carboxylic acids is 2. The molecule has 7 nitrogen and oxygen atoms in total. The van der Waals surface area contributed by atoms with Gasteiger partial charge in [-0.3, -0.25) is 9.59 Å². The Bertz CT molecular complexity index is 1280. The summed E-state index contributed by atoms with van der Waals surface area (Å²) in [7, 11) is 0. The molecule has 5 rings (SSSR count). The average molecular weight is 469 g/mol. The van der Waals surface area contributed by atoms with Gasteiger partial charge in [-0.25, -0.2) is 4.68 Å². The molecule has 164 valence electrons. The number of thiophene rings is 1. The summed E-state index contributed by atoms with van der Waals surface area (Å²) in [5.41, 5.74) is 1.73. The van der Waals surface area contributed by atoms with Gasteiger partial charge in [0.25, 0.3) is 5.91 Å². The molecule has 2 amide bonds. The number of fused-ring (bicyclic) bond motifs is 1. The molecule has 1 saturated heterocycles. The van der Waals surface area contributed by atoms with Gasteiger partial charge in [-0.05, 0) is 62.2 Å². The minimum absolute atomic E-state index is 0.121. The third kappa shape index (κ3) is 3.80. The van der Waals surface area contributed by atoms with Crippen LogP contribution in [-0.2, 0) is 11.3 Å². The molecule has 1 N–H and O–H groups in total. The summed E-state index contributed by atoms with van der Waals surface area (Å²) in [4.78, 5) is 29.3. The van der Waals surface area contributed by atoms with Crippen LogP contribution in [0.15, 0.2) is 53.1 Å². The molecule has 1 aliphatic heterocycles. The van der Waals surface area contributed by atoms with Crippen LogP contribution >= 0.6 is 22.9 Å². The monoisotopic (exact) mass is 468 g/mol. The van der Waals surface area contributed by atoms with Crippen LogP contribution in [0.25, 0.3) is 15.9 Å². The third-order valence-electron chi connectivity index (χ3n) is 5.66. The van der Waals surface area contributed by atoms with Gasteiger partial charge in [0.15, 0.2) is 0 Å². The number of hydrogen-bond donors (Lipinski definition) is 1. The van der Waals surface area contributed by atoms with Crippen LogP contribution in [0, 0.1) is 6.92 Å². The van der Waals surface area contributed by atoms with Crippen molar-refractivity contribution in [2.45, 2.75) is 32.4 Å². The van der Waals surface area contributed by atoms with Gasteiger partial charge in [0.2, 0.25) is 5.91 Å². The zero-order valence-corrected chi connectivity index (χ0v) is 18.9. The number of likely N-dealkylation sites (tertiary alicyclic amines) is 1. The van der Waals surface area contributed by atoms with Gasteiger partial charge in [0.1, 0.15) is 16.6 Å². The molecule has 0 bridgehead atoms. The topological polar surface area (TPSA) is 80.4 Å². The highest BCUT2D eigenvalue weighted by molar-refractivity contribution is 7.20. The minimum Gasteiger partial charge on any atom is -0.467 e. The molecular weight excluding hydrogens is 448 g/mol. The lowest BCUT2D eigenvalue weighted by atomic mass is 10.2. The number of hydrogen-bond acceptors (Lipinski definition) is 5. The fourth-order valence-corrected chi connectivity index (χ4v) is 5.30. The quantitative estimate of drug-likeness (QED) is 0.465. The van der Waals surface area contributed by atoms with Crippen LogP contribution < -0.4 is 5.32 Å². The van der Waals surface area contributed by atoms with Gasteiger partial charge in [-0.2, -0.15) is 5.10 Å². The Labute approximate surface area is 193 Å². The first-order valence-corrected chi connectivity index (χ1v) is 11.6. The Morgan fingerprint density at radius 3 is 2.84 bits per heavy atom. The lowest BCUT2D eigenvalue weighted by Gasteiger charge is -2.23. The summed E-state index contributed by atoms with van der Waals surface area (Å²) < 4.78 is 7.10. The highest BCUT2D eigenvalue weighted by atomic mass is 35.5. The van der Waals surface area contributed by atoms with Gasteiger partial charge in [-0.15, -0.1) is 11.3 Å². The normalized spacial score (nSPS) is 16.1. The summed E-state index contributed by atoms with van der Waals surface area (Å²) in [6, 6.07) is 12.4. The molecule has 0 saturated carbocycles. The molecule has 0 aliphatic carbocycles. The summed E-state index contributed by atoms with van der Waals surface area (Å²) in [5, 5.41) is 9.10. The van der Waals surface area contributed by atoms with Crippen molar-refractivity contribution in [3.8, 4) is 5.69 Å². The smallest absolute Gasteiger partial charge is 0.264 e. The first-order chi connectivity index (χ1) is 15.5. The number of rotatable bonds is 5. The van der Waals surface area contributed by atoms with Gasteiger partial charge in [-0.1, -0.05) is 11.6 Å². The van der Waals surface area contributed by atoms with E-state index in [0.29, 0.717) is 35.2 Å². The van der Waals surface area contributed by atoms with Crippen LogP contribution in [0.4, 0.5) is 0 Å². The molecule has 9 heteroatoms. The molecule has 32 heavy (non-hydrogen) atoms. The maximum Gasteiger partial charge on any atom is 0.264 e. The number of carbonyl (C=O) groups is 2. The predicted octanol–water partition coefficient (Wildman–Crippen LogP) is 4.56. The van der Waals surface area contributed by atoms with E-state index < -0.39 is 6.04 Å². The zero-order valence-electron chi connectivity index (χ0n) is 17.4. The first kappa shape index (κ1) is 20.8. The number of aryl methyl sites for hydroxylation is 1. The number of aromatic nitrogens is 2. The highest BCUT2D eigenvalue weighted by Crippen LogP contribution is 2.32. The van der Waals surface area contributed by atoms with Crippen LogP contribution in [0.3, 0.4) is 0 Å². The molecular formula is C23H21ClN4O3S. The van der Waals surface area contributed by atoms with E-state index in [0.717, 1.165) is 28.0 Å². The molecule has 0 spiro atoms. The number of amides is 2. The van der Waals surface area contributed by atoms with Crippen molar-refractivity contribution in [2.24, 2.45) is 0 Å². The number of benzene rings is 1. The van der Waals surface area contributed by atoms with E-state index in [4.69, 9.17) is 16.0 Å². The largest absolute Gasteiger partial charge is 0.467 e. The van der Waals surface area contributed by atoms with Crippen LogP contribution in [0.2, 0.25) is 5.02 Å². The standard InChI is InChI=1S/C23H21ClN4O3S/c1-14-18-12-20(32-23(18)28(26-14)16-8-6-15(24)7-9-16)22(30)27-10-2-5-19(27)21(29)25-13-17-4-3-11-31-17/h3-4,6-9,11-12,19H,2,5,10,13H2,1H3,(H,25,29). The van der Waals surface area contributed by atoms with Gasteiger partial charge in [0.05, 0.1) is 29.1 Å². The van der Waals surface area contributed by atoms with Gasteiger partial charge < -0.3 is 14.6 Å². The van der Waals surface area contributed by atoms with E-state index in [1.165, 1.54) is 11.3 Å². The molecule has 1 fully saturated rings. The molecule has 4 aromatic rings. The predicted molar refractivity (Wildman–Crippen MR) is 123 cm³/mol. The number of nitrogens with zero attached hydrogens (tertiary/aromatic N) is 3. The molecule has 4 heterocycles. The summed E-state index contributed by atoms with van der Waals surface area (Å²) >= 11 is 7.41. The fraction of sp³-hybridized carbons (Fsp3) is 0.261. The van der Waals surface area contributed by atoms with Crippen molar-refractivity contribution in [1.82, 2.24) is 20.0 Å². The lowest BCUT2D eigenvalue weighted by molar-refractivity contribution is -0.125. The second-order valence-corrected chi connectivity index (χ2v) is 9.22. The van der Waals surface area contributed by atoms with Crippen molar-refractivity contribution >= 4 is 45.0 Å². The van der Waals surface area contributed by atoms with Crippen molar-refractivity contribution in [2.75, 3.05) is 6.54 Å². The summed E-state index contributed by atoms with van der Waals surface area (Å²) in [6.45, 7) is 2.80. The van der Waals surface area contributed by atoms with Crippen LogP contribution in [-0.4, -0.2) is 39.1 Å². The molecule has 0 radical (unpaired) electrons. The molecule has 1 unspecified atom stereocenters. The Morgan fingerprint density at radius 2 is 2.09 bits per heavy atom. The van der Waals surface area contributed by atoms with Crippen molar-refractivity contribution in [1.29, 1.82) is 0 Å². The third-order valence-corrected chi connectivity index (χ3v) is 7.01. The first-order valence-electron chi connectivity index (χ1n) is 10.4. The Hall–Kier alpha value is -3.10. The maximum absolute atomic E-state index is 13.4. The number of halogens is 1. The van der Waals surface area contributed by atoms with Gasteiger partial charge >= 0.3 is 0 Å². The molecule has 1 aromatic carbocycles. The van der Waals surface area contributed by atoms with E-state index in [9.17, 15) is 9.59 Å². The van der Waals surface area contributed by atoms with E-state index in [1.807, 2.05) is 41.9 Å². The van der Waals surface area contributed by atoms with Crippen molar-refractivity contribution < 1.29 is 14.0 Å². The molecule has 1 atom stereocenters. The van der Waals surface area contributed by atoms with Crippen LogP contribution in [0.5, 0.6) is 0 Å². The number of nitrogens with one attached hydrogen (secondary N) is 1. The average Bonchev–Trinajstić information content (AvgIpc) is 3.57. The van der Waals surface area contributed by atoms with Crippen molar-refractivity contribution in [3.05, 3.63) is 70.1 Å². The lowest BCUT2D eigenvalue weighted by Crippen LogP contribution is -2.45. The highest BCUT2D eigenvalue weighted by Gasteiger charge is 2.35. The zero-order chi connectivity index (χ0) is 22.2. The van der Waals surface area contributed by atoms with Gasteiger partial charge in [0, 0.05) is 17.0 Å². The maximum atomic E-state index is 13.4. The van der Waals surface area contributed by atoms with E-state index in [-0.39, 0.29) is 11.8 Å².